The van der Waals surface area contributed by atoms with Gasteiger partial charge in [-0.1, -0.05) is 54.6 Å². The summed E-state index contributed by atoms with van der Waals surface area (Å²) in [6.45, 7) is 2.87. The topological polar surface area (TPSA) is 40.8 Å². The molecule has 2 heterocycles. The first-order valence-electron chi connectivity index (χ1n) is 9.78. The Morgan fingerprint density at radius 3 is 2.21 bits per heavy atom. The van der Waals surface area contributed by atoms with Gasteiger partial charge >= 0.3 is 0 Å². The van der Waals surface area contributed by atoms with Gasteiger partial charge in [-0.05, 0) is 41.8 Å². The SMILES string of the molecule is Cc1ccc2nc(-c3ccc(C=Cc4ccc(N(C)CCO)cc4)cc3)cn2c1. The number of rotatable bonds is 6. The highest BCUT2D eigenvalue weighted by molar-refractivity contribution is 5.72. The smallest absolute Gasteiger partial charge is 0.137 e. The first kappa shape index (κ1) is 19.0. The summed E-state index contributed by atoms with van der Waals surface area (Å²) in [6.07, 6.45) is 8.39. The van der Waals surface area contributed by atoms with Gasteiger partial charge in [-0.25, -0.2) is 4.98 Å². The van der Waals surface area contributed by atoms with Crippen molar-refractivity contribution in [2.75, 3.05) is 25.1 Å². The first-order valence-corrected chi connectivity index (χ1v) is 9.78. The van der Waals surface area contributed by atoms with Crippen molar-refractivity contribution in [3.8, 4) is 11.3 Å². The number of hydrogen-bond donors (Lipinski definition) is 1. The zero-order valence-electron chi connectivity index (χ0n) is 16.8. The standard InChI is InChI=1S/C25H25N3O/c1-19-3-14-25-26-24(18-28(25)17-19)22-10-6-20(7-11-22)4-5-21-8-12-23(13-9-21)27(2)15-16-29/h3-14,17-18,29H,15-16H2,1-2H3. The van der Waals surface area contributed by atoms with E-state index in [1.54, 1.807) is 0 Å². The molecule has 4 aromatic rings. The molecule has 4 rings (SSSR count). The monoisotopic (exact) mass is 383 g/mol. The van der Waals surface area contributed by atoms with Gasteiger partial charge in [0.05, 0.1) is 12.3 Å². The van der Waals surface area contributed by atoms with Crippen LogP contribution in [0.25, 0.3) is 29.1 Å². The summed E-state index contributed by atoms with van der Waals surface area (Å²) >= 11 is 0. The van der Waals surface area contributed by atoms with E-state index in [0.717, 1.165) is 33.7 Å². The van der Waals surface area contributed by atoms with Crippen molar-refractivity contribution in [1.82, 2.24) is 9.38 Å². The number of benzene rings is 2. The predicted molar refractivity (Wildman–Crippen MR) is 121 cm³/mol. The summed E-state index contributed by atoms with van der Waals surface area (Å²) in [4.78, 5) is 6.74. The third-order valence-corrected chi connectivity index (χ3v) is 5.04. The lowest BCUT2D eigenvalue weighted by atomic mass is 10.1. The number of aryl methyl sites for hydroxylation is 1. The maximum atomic E-state index is 9.04. The lowest BCUT2D eigenvalue weighted by molar-refractivity contribution is 0.304. The summed E-state index contributed by atoms with van der Waals surface area (Å²) in [6, 6.07) is 20.9. The van der Waals surface area contributed by atoms with Gasteiger partial charge in [0, 0.05) is 37.2 Å². The molecule has 0 saturated carbocycles. The van der Waals surface area contributed by atoms with E-state index in [9.17, 15) is 0 Å². The number of likely N-dealkylation sites (N-methyl/N-ethyl adjacent to an activating group) is 1. The highest BCUT2D eigenvalue weighted by atomic mass is 16.3. The summed E-state index contributed by atoms with van der Waals surface area (Å²) in [5.74, 6) is 0. The predicted octanol–water partition coefficient (Wildman–Crippen LogP) is 4.91. The van der Waals surface area contributed by atoms with Gasteiger partial charge in [-0.15, -0.1) is 0 Å². The van der Waals surface area contributed by atoms with E-state index < -0.39 is 0 Å². The van der Waals surface area contributed by atoms with Gasteiger partial charge in [0.1, 0.15) is 5.65 Å². The fraction of sp³-hybridized carbons (Fsp3) is 0.160. The van der Waals surface area contributed by atoms with Crippen LogP contribution in [0.15, 0.2) is 73.1 Å². The average molecular weight is 383 g/mol. The van der Waals surface area contributed by atoms with Crippen molar-refractivity contribution >= 4 is 23.5 Å². The zero-order chi connectivity index (χ0) is 20.2. The van der Waals surface area contributed by atoms with Crippen LogP contribution in [0, 0.1) is 6.92 Å². The van der Waals surface area contributed by atoms with E-state index in [1.807, 2.05) is 18.0 Å². The van der Waals surface area contributed by atoms with Crippen LogP contribution < -0.4 is 4.90 Å². The Labute approximate surface area is 171 Å². The normalized spacial score (nSPS) is 11.4. The van der Waals surface area contributed by atoms with E-state index in [2.05, 4.69) is 90.5 Å². The van der Waals surface area contributed by atoms with Gasteiger partial charge in [-0.2, -0.15) is 0 Å². The summed E-state index contributed by atoms with van der Waals surface area (Å²) in [5.41, 5.74) is 7.66. The highest BCUT2D eigenvalue weighted by Gasteiger charge is 2.04. The van der Waals surface area contributed by atoms with Gasteiger partial charge in [-0.3, -0.25) is 0 Å². The van der Waals surface area contributed by atoms with Crippen LogP contribution in [-0.4, -0.2) is 34.7 Å². The second-order valence-corrected chi connectivity index (χ2v) is 7.29. The Bertz CT molecular complexity index is 1130. The second-order valence-electron chi connectivity index (χ2n) is 7.29. The molecule has 0 atom stereocenters. The molecular weight excluding hydrogens is 358 g/mol. The molecule has 0 fully saturated rings. The minimum atomic E-state index is 0.156. The number of nitrogens with zero attached hydrogens (tertiary/aromatic N) is 3. The van der Waals surface area contributed by atoms with E-state index in [4.69, 9.17) is 10.1 Å². The molecular formula is C25H25N3O. The minimum absolute atomic E-state index is 0.156. The van der Waals surface area contributed by atoms with Crippen LogP contribution in [0.3, 0.4) is 0 Å². The van der Waals surface area contributed by atoms with Crippen molar-refractivity contribution in [3.05, 3.63) is 89.7 Å². The summed E-state index contributed by atoms with van der Waals surface area (Å²) in [5, 5.41) is 9.04. The summed E-state index contributed by atoms with van der Waals surface area (Å²) in [7, 11) is 1.98. The quantitative estimate of drug-likeness (QED) is 0.481. The van der Waals surface area contributed by atoms with E-state index in [-0.39, 0.29) is 6.61 Å². The highest BCUT2D eigenvalue weighted by Crippen LogP contribution is 2.21. The average Bonchev–Trinajstić information content (AvgIpc) is 3.16. The molecule has 0 radical (unpaired) electrons. The van der Waals surface area contributed by atoms with E-state index in [0.29, 0.717) is 6.54 Å². The molecule has 0 aliphatic rings. The maximum Gasteiger partial charge on any atom is 0.137 e. The van der Waals surface area contributed by atoms with Gasteiger partial charge < -0.3 is 14.4 Å². The van der Waals surface area contributed by atoms with Gasteiger partial charge in [0.25, 0.3) is 0 Å². The number of fused-ring (bicyclic) bond motifs is 1. The third kappa shape index (κ3) is 4.39. The Morgan fingerprint density at radius 1 is 0.897 bits per heavy atom. The molecule has 2 aromatic carbocycles. The Kier molecular flexibility index (Phi) is 5.45. The molecule has 0 bridgehead atoms. The van der Waals surface area contributed by atoms with Gasteiger partial charge in [0.2, 0.25) is 0 Å². The fourth-order valence-electron chi connectivity index (χ4n) is 3.32. The van der Waals surface area contributed by atoms with Crippen molar-refractivity contribution in [3.63, 3.8) is 0 Å². The van der Waals surface area contributed by atoms with Crippen LogP contribution in [-0.2, 0) is 0 Å². The van der Waals surface area contributed by atoms with Crippen molar-refractivity contribution in [1.29, 1.82) is 0 Å². The number of imidazole rings is 1. The third-order valence-electron chi connectivity index (χ3n) is 5.04. The van der Waals surface area contributed by atoms with Crippen LogP contribution in [0.4, 0.5) is 5.69 Å². The van der Waals surface area contributed by atoms with Crippen LogP contribution in [0.2, 0.25) is 0 Å². The zero-order valence-corrected chi connectivity index (χ0v) is 16.8. The van der Waals surface area contributed by atoms with Crippen LogP contribution >= 0.6 is 0 Å². The Hall–Kier alpha value is -3.37. The largest absolute Gasteiger partial charge is 0.395 e. The lowest BCUT2D eigenvalue weighted by Gasteiger charge is -2.17. The van der Waals surface area contributed by atoms with Crippen LogP contribution in [0.1, 0.15) is 16.7 Å². The number of aromatic nitrogens is 2. The molecule has 29 heavy (non-hydrogen) atoms. The van der Waals surface area contributed by atoms with Crippen molar-refractivity contribution < 1.29 is 5.11 Å². The molecule has 4 heteroatoms. The van der Waals surface area contributed by atoms with Crippen molar-refractivity contribution in [2.24, 2.45) is 0 Å². The van der Waals surface area contributed by atoms with Crippen LogP contribution in [0.5, 0.6) is 0 Å². The molecule has 2 aromatic heterocycles. The van der Waals surface area contributed by atoms with Crippen molar-refractivity contribution in [2.45, 2.75) is 6.92 Å². The molecule has 0 saturated heterocycles. The minimum Gasteiger partial charge on any atom is -0.395 e. The first-order chi connectivity index (χ1) is 14.1. The Morgan fingerprint density at radius 2 is 1.55 bits per heavy atom. The maximum absolute atomic E-state index is 9.04. The second kappa shape index (κ2) is 8.33. The van der Waals surface area contributed by atoms with Gasteiger partial charge in [0.15, 0.2) is 0 Å². The number of anilines is 1. The van der Waals surface area contributed by atoms with E-state index in [1.165, 1.54) is 5.56 Å². The summed E-state index contributed by atoms with van der Waals surface area (Å²) < 4.78 is 2.07. The number of aliphatic hydroxyl groups is 1. The molecule has 146 valence electrons. The fourth-order valence-corrected chi connectivity index (χ4v) is 3.32. The molecule has 0 spiro atoms. The lowest BCUT2D eigenvalue weighted by Crippen LogP contribution is -2.20. The molecule has 4 nitrogen and oxygen atoms in total. The molecule has 0 aliphatic carbocycles. The number of hydrogen-bond acceptors (Lipinski definition) is 3. The number of aliphatic hydroxyl groups excluding tert-OH is 1. The number of pyridine rings is 1. The molecule has 1 N–H and O–H groups in total. The Balaban J connectivity index is 1.47. The molecule has 0 unspecified atom stereocenters. The molecule has 0 amide bonds. The molecule has 0 aliphatic heterocycles. The van der Waals surface area contributed by atoms with E-state index >= 15 is 0 Å².